The van der Waals surface area contributed by atoms with E-state index in [1.807, 2.05) is 0 Å². The summed E-state index contributed by atoms with van der Waals surface area (Å²) in [5.74, 6) is 1.86. The smallest absolute Gasteiger partial charge is 0.251 e. The summed E-state index contributed by atoms with van der Waals surface area (Å²) in [5, 5.41) is 0. The molecule has 0 spiro atoms. The number of aromatic nitrogens is 1. The summed E-state index contributed by atoms with van der Waals surface area (Å²) in [6, 6.07) is 10.9. The fourth-order valence-electron chi connectivity index (χ4n) is 3.84. The third kappa shape index (κ3) is 4.57. The van der Waals surface area contributed by atoms with Crippen LogP contribution < -0.4 is 9.54 Å². The molecule has 1 fully saturated rings. The predicted molar refractivity (Wildman–Crippen MR) is 124 cm³/mol. The van der Waals surface area contributed by atoms with Crippen LogP contribution in [0.1, 0.15) is 12.8 Å². The van der Waals surface area contributed by atoms with Gasteiger partial charge in [-0.3, -0.25) is 4.79 Å². The van der Waals surface area contributed by atoms with Crippen LogP contribution in [0.3, 0.4) is 0 Å². The lowest BCUT2D eigenvalue weighted by Gasteiger charge is -2.29. The topological polar surface area (TPSA) is 81.0 Å². The highest BCUT2D eigenvalue weighted by molar-refractivity contribution is 7.89. The van der Waals surface area contributed by atoms with Crippen LogP contribution in [0.4, 0.5) is 4.39 Å². The summed E-state index contributed by atoms with van der Waals surface area (Å²) >= 11 is 1.20. The number of hydrogen-bond acceptors (Lipinski definition) is 5. The Hall–Kier alpha value is -3.00. The molecule has 3 aromatic rings. The number of carbonyl (C=O) groups is 1. The first kappa shape index (κ1) is 23.2. The van der Waals surface area contributed by atoms with Crippen LogP contribution in [0.2, 0.25) is 0 Å². The van der Waals surface area contributed by atoms with Crippen molar-refractivity contribution < 1.29 is 22.3 Å². The standard InChI is InChI=1S/C23H22FN3O4S2/c1-3-13-27-21-19(24)5-4-6-20(21)32-23(27)25-22(28)16-11-14-26(15-12-16)33(29,30)18-9-7-17(31-2)8-10-18/h1,4-10,16H,11-15H2,2H3. The van der Waals surface area contributed by atoms with Crippen LogP contribution in [0, 0.1) is 24.1 Å². The Balaban J connectivity index is 1.52. The first-order valence-corrected chi connectivity index (χ1v) is 12.5. The minimum absolute atomic E-state index is 0.0889. The zero-order chi connectivity index (χ0) is 23.6. The van der Waals surface area contributed by atoms with E-state index in [1.165, 1.54) is 45.5 Å². The van der Waals surface area contributed by atoms with Crippen molar-refractivity contribution in [3.05, 3.63) is 53.1 Å². The van der Waals surface area contributed by atoms with E-state index in [0.717, 1.165) is 0 Å². The number of rotatable bonds is 5. The van der Waals surface area contributed by atoms with E-state index in [4.69, 9.17) is 11.2 Å². The molecule has 1 saturated heterocycles. The van der Waals surface area contributed by atoms with E-state index in [0.29, 0.717) is 33.6 Å². The summed E-state index contributed by atoms with van der Waals surface area (Å²) < 4.78 is 48.8. The second-order valence-corrected chi connectivity index (χ2v) is 10.5. The Morgan fingerprint density at radius 2 is 1.94 bits per heavy atom. The van der Waals surface area contributed by atoms with Crippen LogP contribution in [0.25, 0.3) is 10.2 Å². The average molecular weight is 488 g/mol. The van der Waals surface area contributed by atoms with Crippen molar-refractivity contribution in [3.8, 4) is 18.1 Å². The molecule has 2 aromatic carbocycles. The van der Waals surface area contributed by atoms with Gasteiger partial charge in [-0.1, -0.05) is 23.3 Å². The molecule has 10 heteroatoms. The maximum atomic E-state index is 14.3. The van der Waals surface area contributed by atoms with E-state index in [9.17, 15) is 17.6 Å². The number of amides is 1. The molecule has 0 aliphatic carbocycles. The monoisotopic (exact) mass is 487 g/mol. The quantitative estimate of drug-likeness (QED) is 0.518. The number of benzene rings is 2. The van der Waals surface area contributed by atoms with Gasteiger partial charge in [-0.05, 0) is 49.2 Å². The number of hydrogen-bond donors (Lipinski definition) is 0. The minimum Gasteiger partial charge on any atom is -0.497 e. The summed E-state index contributed by atoms with van der Waals surface area (Å²) in [5.41, 5.74) is 0.326. The molecule has 2 heterocycles. The molecule has 1 aliphatic heterocycles. The van der Waals surface area contributed by atoms with Gasteiger partial charge in [0.15, 0.2) is 4.80 Å². The van der Waals surface area contributed by atoms with Crippen molar-refractivity contribution in [2.45, 2.75) is 24.3 Å². The number of fused-ring (bicyclic) bond motifs is 1. The molecule has 1 aromatic heterocycles. The van der Waals surface area contributed by atoms with Gasteiger partial charge in [-0.2, -0.15) is 9.30 Å². The summed E-state index contributed by atoms with van der Waals surface area (Å²) in [6.45, 7) is 0.517. The zero-order valence-corrected chi connectivity index (χ0v) is 19.5. The van der Waals surface area contributed by atoms with Crippen LogP contribution in [0.5, 0.6) is 5.75 Å². The van der Waals surface area contributed by atoms with Gasteiger partial charge in [0.25, 0.3) is 5.91 Å². The molecule has 0 atom stereocenters. The van der Waals surface area contributed by atoms with E-state index in [2.05, 4.69) is 10.9 Å². The van der Waals surface area contributed by atoms with Crippen molar-refractivity contribution in [2.75, 3.05) is 20.2 Å². The van der Waals surface area contributed by atoms with Crippen LogP contribution in [-0.4, -0.2) is 43.4 Å². The van der Waals surface area contributed by atoms with Gasteiger partial charge >= 0.3 is 0 Å². The molecular weight excluding hydrogens is 465 g/mol. The number of sulfonamides is 1. The Kier molecular flexibility index (Phi) is 6.65. The summed E-state index contributed by atoms with van der Waals surface area (Å²) in [6.07, 6.45) is 6.15. The fourth-order valence-corrected chi connectivity index (χ4v) is 6.35. The predicted octanol–water partition coefficient (Wildman–Crippen LogP) is 3.01. The summed E-state index contributed by atoms with van der Waals surface area (Å²) in [7, 11) is -2.15. The highest BCUT2D eigenvalue weighted by Gasteiger charge is 2.32. The second-order valence-electron chi connectivity index (χ2n) is 7.57. The molecule has 1 amide bonds. The number of methoxy groups -OCH3 is 1. The minimum atomic E-state index is -3.66. The Morgan fingerprint density at radius 1 is 1.24 bits per heavy atom. The second kappa shape index (κ2) is 9.47. The van der Waals surface area contributed by atoms with Gasteiger partial charge in [-0.15, -0.1) is 6.42 Å². The Labute approximate surface area is 195 Å². The molecule has 0 N–H and O–H groups in total. The highest BCUT2D eigenvalue weighted by atomic mass is 32.2. The Morgan fingerprint density at radius 3 is 2.58 bits per heavy atom. The van der Waals surface area contributed by atoms with Gasteiger partial charge in [0, 0.05) is 19.0 Å². The van der Waals surface area contributed by atoms with Gasteiger partial charge in [-0.25, -0.2) is 12.8 Å². The largest absolute Gasteiger partial charge is 0.497 e. The fraction of sp³-hybridized carbons (Fsp3) is 0.304. The molecule has 172 valence electrons. The van der Waals surface area contributed by atoms with Crippen LogP contribution in [-0.2, 0) is 21.4 Å². The summed E-state index contributed by atoms with van der Waals surface area (Å²) in [4.78, 5) is 17.6. The normalized spacial score (nSPS) is 16.1. The highest BCUT2D eigenvalue weighted by Crippen LogP contribution is 2.26. The molecular formula is C23H22FN3O4S2. The molecule has 4 rings (SSSR count). The van der Waals surface area contributed by atoms with Crippen LogP contribution >= 0.6 is 11.3 Å². The lowest BCUT2D eigenvalue weighted by molar-refractivity contribution is -0.122. The number of halogens is 1. The first-order chi connectivity index (χ1) is 15.8. The van der Waals surface area contributed by atoms with Crippen molar-refractivity contribution in [1.29, 1.82) is 0 Å². The van der Waals surface area contributed by atoms with Crippen molar-refractivity contribution >= 4 is 37.5 Å². The molecule has 7 nitrogen and oxygen atoms in total. The number of ether oxygens (including phenoxy) is 1. The molecule has 0 saturated carbocycles. The third-order valence-corrected chi connectivity index (χ3v) is 8.56. The third-order valence-electron chi connectivity index (χ3n) is 5.61. The molecule has 1 aliphatic rings. The number of terminal acetylenes is 1. The van der Waals surface area contributed by atoms with Crippen molar-refractivity contribution in [1.82, 2.24) is 8.87 Å². The maximum Gasteiger partial charge on any atom is 0.251 e. The van der Waals surface area contributed by atoms with Crippen molar-refractivity contribution in [3.63, 3.8) is 0 Å². The average Bonchev–Trinajstić information content (AvgIpc) is 3.17. The van der Waals surface area contributed by atoms with Gasteiger partial charge in [0.2, 0.25) is 10.0 Å². The SMILES string of the molecule is C#CCn1c(=NC(=O)C2CCN(S(=O)(=O)c3ccc(OC)cc3)CC2)sc2cccc(F)c21. The lowest BCUT2D eigenvalue weighted by Crippen LogP contribution is -2.40. The zero-order valence-electron chi connectivity index (χ0n) is 17.9. The van der Waals surface area contributed by atoms with E-state index >= 15 is 0 Å². The van der Waals surface area contributed by atoms with Gasteiger partial charge in [0.05, 0.1) is 28.8 Å². The van der Waals surface area contributed by atoms with E-state index in [1.54, 1.807) is 24.3 Å². The molecule has 33 heavy (non-hydrogen) atoms. The van der Waals surface area contributed by atoms with E-state index < -0.39 is 21.8 Å². The maximum absolute atomic E-state index is 14.3. The lowest BCUT2D eigenvalue weighted by atomic mass is 9.98. The van der Waals surface area contributed by atoms with E-state index in [-0.39, 0.29) is 30.4 Å². The number of carbonyl (C=O) groups excluding carboxylic acids is 1. The Bertz CT molecular complexity index is 1390. The molecule has 0 bridgehead atoms. The number of thiazole rings is 1. The van der Waals surface area contributed by atoms with Gasteiger partial charge in [0.1, 0.15) is 11.6 Å². The number of piperidine rings is 1. The first-order valence-electron chi connectivity index (χ1n) is 10.3. The van der Waals surface area contributed by atoms with Crippen molar-refractivity contribution in [2.24, 2.45) is 10.9 Å². The molecule has 0 unspecified atom stereocenters. The van der Waals surface area contributed by atoms with Crippen LogP contribution in [0.15, 0.2) is 52.4 Å². The molecule has 0 radical (unpaired) electrons. The number of para-hydroxylation sites is 1. The van der Waals surface area contributed by atoms with Gasteiger partial charge < -0.3 is 9.30 Å². The number of nitrogens with zero attached hydrogens (tertiary/aromatic N) is 3.